The van der Waals surface area contributed by atoms with Gasteiger partial charge in [-0.05, 0) is 44.7 Å². The van der Waals surface area contributed by atoms with E-state index in [4.69, 9.17) is 0 Å². The van der Waals surface area contributed by atoms with Crippen molar-refractivity contribution in [2.24, 2.45) is 0 Å². The Bertz CT molecular complexity index is 111. The average molecular weight is 175 g/mol. The lowest BCUT2D eigenvalue weighted by Gasteiger charge is -2.35. The van der Waals surface area contributed by atoms with E-state index < -0.39 is 0 Å². The van der Waals surface area contributed by atoms with Crippen molar-refractivity contribution in [1.29, 1.82) is 0 Å². The molecule has 0 amide bonds. The number of rotatable bonds is 2. The molecule has 0 aliphatic carbocycles. The molecule has 1 aliphatic heterocycles. The van der Waals surface area contributed by atoms with Gasteiger partial charge in [-0.15, -0.1) is 0 Å². The lowest BCUT2D eigenvalue weighted by Crippen LogP contribution is -2.32. The molecule has 0 radical (unpaired) electrons. The molecule has 0 N–H and O–H groups in total. The van der Waals surface area contributed by atoms with Crippen LogP contribution in [-0.4, -0.2) is 42.6 Å². The normalized spacial score (nSPS) is 23.5. The maximum atomic E-state index is 2.64. The molecule has 0 atom stereocenters. The van der Waals surface area contributed by atoms with Gasteiger partial charge in [0, 0.05) is 5.88 Å². The van der Waals surface area contributed by atoms with Crippen molar-refractivity contribution in [2.45, 2.75) is 19.3 Å². The minimum atomic E-state index is -0.298. The second-order valence-corrected chi connectivity index (χ2v) is 8.84. The Labute approximate surface area is 72.5 Å². The maximum absolute atomic E-state index is 2.64. The van der Waals surface area contributed by atoms with Crippen molar-refractivity contribution in [3.8, 4) is 0 Å². The fourth-order valence-electron chi connectivity index (χ4n) is 1.64. The Kier molecular flexibility index (Phi) is 3.26. The molecule has 1 heterocycles. The zero-order valence-electron chi connectivity index (χ0n) is 8.10. The molecule has 1 nitrogen and oxygen atoms in total. The van der Waals surface area contributed by atoms with Crippen LogP contribution in [-0.2, 0) is 0 Å². The molecule has 0 aromatic heterocycles. The van der Waals surface area contributed by atoms with E-state index in [0.717, 1.165) is 0 Å². The lowest BCUT2D eigenvalue weighted by atomic mass is 10.1. The van der Waals surface area contributed by atoms with Crippen molar-refractivity contribution < 1.29 is 0 Å². The first-order chi connectivity index (χ1) is 5.08. The van der Waals surface area contributed by atoms with E-state index in [0.29, 0.717) is 0 Å². The molecule has 11 heavy (non-hydrogen) atoms. The second kappa shape index (κ2) is 3.81. The van der Waals surface area contributed by atoms with Crippen molar-refractivity contribution >= 4 is 10.0 Å². The van der Waals surface area contributed by atoms with E-state index in [1.165, 1.54) is 38.2 Å². The molecule has 0 bridgehead atoms. The SMILES string of the molecule is CS(C)(C)CN1CCCCC1. The summed E-state index contributed by atoms with van der Waals surface area (Å²) in [5.41, 5.74) is 0. The predicted molar refractivity (Wildman–Crippen MR) is 55.7 cm³/mol. The molecule has 0 unspecified atom stereocenters. The summed E-state index contributed by atoms with van der Waals surface area (Å²) in [5.74, 6) is 1.35. The Hall–Kier alpha value is 0.310. The fourth-order valence-corrected chi connectivity index (χ4v) is 2.99. The van der Waals surface area contributed by atoms with E-state index >= 15 is 0 Å². The number of hydrogen-bond acceptors (Lipinski definition) is 1. The van der Waals surface area contributed by atoms with Crippen LogP contribution in [0.1, 0.15) is 19.3 Å². The second-order valence-electron chi connectivity index (χ2n) is 4.40. The van der Waals surface area contributed by atoms with Crippen LogP contribution in [0.5, 0.6) is 0 Å². The molecule has 1 fully saturated rings. The van der Waals surface area contributed by atoms with Gasteiger partial charge in [-0.25, -0.2) is 10.0 Å². The molecular weight excluding hydrogens is 154 g/mol. The molecule has 0 saturated carbocycles. The van der Waals surface area contributed by atoms with E-state index in [2.05, 4.69) is 23.7 Å². The Morgan fingerprint density at radius 1 is 1.00 bits per heavy atom. The van der Waals surface area contributed by atoms with Gasteiger partial charge in [0.15, 0.2) is 0 Å². The van der Waals surface area contributed by atoms with Gasteiger partial charge in [-0.2, -0.15) is 0 Å². The Morgan fingerprint density at radius 2 is 1.55 bits per heavy atom. The molecule has 0 spiro atoms. The molecule has 1 saturated heterocycles. The molecule has 1 aliphatic rings. The van der Waals surface area contributed by atoms with E-state index in [1.54, 1.807) is 0 Å². The fraction of sp³-hybridized carbons (Fsp3) is 1.00. The molecule has 0 aromatic carbocycles. The summed E-state index contributed by atoms with van der Waals surface area (Å²) in [7, 11) is -0.298. The Morgan fingerprint density at radius 3 is 2.00 bits per heavy atom. The van der Waals surface area contributed by atoms with Crippen LogP contribution in [0.2, 0.25) is 0 Å². The van der Waals surface area contributed by atoms with E-state index in [9.17, 15) is 0 Å². The van der Waals surface area contributed by atoms with Gasteiger partial charge in [0.25, 0.3) is 0 Å². The summed E-state index contributed by atoms with van der Waals surface area (Å²) in [6.07, 6.45) is 11.5. The third kappa shape index (κ3) is 4.02. The molecular formula is C9H21NS. The summed E-state index contributed by atoms with van der Waals surface area (Å²) in [4.78, 5) is 2.64. The van der Waals surface area contributed by atoms with Crippen molar-refractivity contribution in [3.63, 3.8) is 0 Å². The lowest BCUT2D eigenvalue weighted by molar-refractivity contribution is 0.265. The van der Waals surface area contributed by atoms with Gasteiger partial charge >= 0.3 is 0 Å². The van der Waals surface area contributed by atoms with Crippen LogP contribution in [0.25, 0.3) is 0 Å². The van der Waals surface area contributed by atoms with Gasteiger partial charge in [-0.3, -0.25) is 4.90 Å². The number of nitrogens with zero attached hydrogens (tertiary/aromatic N) is 1. The first-order valence-electron chi connectivity index (χ1n) is 4.46. The summed E-state index contributed by atoms with van der Waals surface area (Å²) in [6, 6.07) is 0. The summed E-state index contributed by atoms with van der Waals surface area (Å²) in [6.45, 7) is 2.70. The van der Waals surface area contributed by atoms with Gasteiger partial charge in [0.05, 0.1) is 0 Å². The highest BCUT2D eigenvalue weighted by Gasteiger charge is 2.14. The van der Waals surface area contributed by atoms with Crippen LogP contribution in [0.3, 0.4) is 0 Å². The number of likely N-dealkylation sites (tertiary alicyclic amines) is 1. The zero-order valence-corrected chi connectivity index (χ0v) is 8.91. The highest BCUT2D eigenvalue weighted by Crippen LogP contribution is 2.35. The van der Waals surface area contributed by atoms with Crippen molar-refractivity contribution in [2.75, 3.05) is 37.7 Å². The number of hydrogen-bond donors (Lipinski definition) is 0. The Balaban J connectivity index is 2.24. The maximum Gasteiger partial charge on any atom is 0.0283 e. The summed E-state index contributed by atoms with van der Waals surface area (Å²) < 4.78 is 0. The summed E-state index contributed by atoms with van der Waals surface area (Å²) >= 11 is 0. The van der Waals surface area contributed by atoms with Gasteiger partial charge in [0.2, 0.25) is 0 Å². The summed E-state index contributed by atoms with van der Waals surface area (Å²) in [5, 5.41) is 0. The van der Waals surface area contributed by atoms with Gasteiger partial charge < -0.3 is 0 Å². The van der Waals surface area contributed by atoms with Crippen molar-refractivity contribution in [3.05, 3.63) is 0 Å². The third-order valence-corrected chi connectivity index (χ3v) is 3.16. The highest BCUT2D eigenvalue weighted by atomic mass is 32.3. The largest absolute Gasteiger partial charge is 0.296 e. The monoisotopic (exact) mass is 175 g/mol. The molecule has 68 valence electrons. The molecule has 0 aromatic rings. The first-order valence-corrected chi connectivity index (χ1v) is 7.49. The van der Waals surface area contributed by atoms with Crippen LogP contribution < -0.4 is 0 Å². The average Bonchev–Trinajstić information content (AvgIpc) is 1.85. The molecule has 2 heteroatoms. The minimum absolute atomic E-state index is 0.298. The standard InChI is InChI=1S/C9H21NS/c1-11(2,3)9-10-7-5-4-6-8-10/h4-9H2,1-3H3. The quantitative estimate of drug-likeness (QED) is 0.621. The van der Waals surface area contributed by atoms with Gasteiger partial charge in [0.1, 0.15) is 0 Å². The third-order valence-electron chi connectivity index (χ3n) is 2.02. The van der Waals surface area contributed by atoms with Crippen LogP contribution in [0, 0.1) is 0 Å². The number of piperidine rings is 1. The van der Waals surface area contributed by atoms with Crippen molar-refractivity contribution in [1.82, 2.24) is 4.90 Å². The van der Waals surface area contributed by atoms with E-state index in [1.807, 2.05) is 0 Å². The van der Waals surface area contributed by atoms with Crippen LogP contribution in [0.4, 0.5) is 0 Å². The first kappa shape index (κ1) is 9.40. The van der Waals surface area contributed by atoms with Crippen LogP contribution >= 0.6 is 10.0 Å². The topological polar surface area (TPSA) is 3.24 Å². The van der Waals surface area contributed by atoms with Gasteiger partial charge in [-0.1, -0.05) is 6.42 Å². The zero-order chi connectivity index (χ0) is 8.32. The van der Waals surface area contributed by atoms with E-state index in [-0.39, 0.29) is 10.0 Å². The minimum Gasteiger partial charge on any atom is -0.296 e. The highest BCUT2D eigenvalue weighted by molar-refractivity contribution is 8.32. The smallest absolute Gasteiger partial charge is 0.0283 e. The predicted octanol–water partition coefficient (Wildman–Crippen LogP) is 2.12. The molecule has 1 rings (SSSR count). The van der Waals surface area contributed by atoms with Crippen LogP contribution in [0.15, 0.2) is 0 Å².